The first-order valence-corrected chi connectivity index (χ1v) is 5.67. The van der Waals surface area contributed by atoms with Crippen LogP contribution in [0.2, 0.25) is 0 Å². The van der Waals surface area contributed by atoms with Crippen LogP contribution in [0.1, 0.15) is 11.1 Å². The van der Waals surface area contributed by atoms with Crippen LogP contribution in [0.25, 0.3) is 0 Å². The van der Waals surface area contributed by atoms with E-state index < -0.39 is 0 Å². The molecule has 1 N–H and O–H groups in total. The number of hydrogen-bond acceptors (Lipinski definition) is 2. The molecule has 0 spiro atoms. The highest BCUT2D eigenvalue weighted by Crippen LogP contribution is 2.18. The molecular weight excluding hydrogens is 226 g/mol. The van der Waals surface area contributed by atoms with Crippen LogP contribution < -0.4 is 10.1 Å². The summed E-state index contributed by atoms with van der Waals surface area (Å²) in [5.74, 6) is 0.766. The maximum Gasteiger partial charge on any atom is 0.234 e. The van der Waals surface area contributed by atoms with Crippen molar-refractivity contribution < 1.29 is 9.53 Å². The van der Waals surface area contributed by atoms with Gasteiger partial charge in [-0.15, -0.1) is 11.6 Å². The van der Waals surface area contributed by atoms with Gasteiger partial charge in [0.25, 0.3) is 0 Å². The topological polar surface area (TPSA) is 38.3 Å². The number of ether oxygens (including phenoxy) is 1. The van der Waals surface area contributed by atoms with E-state index in [9.17, 15) is 4.79 Å². The van der Waals surface area contributed by atoms with Crippen molar-refractivity contribution in [2.75, 3.05) is 19.5 Å². The summed E-state index contributed by atoms with van der Waals surface area (Å²) in [4.78, 5) is 10.9. The summed E-state index contributed by atoms with van der Waals surface area (Å²) in [6, 6.07) is 6.00. The quantitative estimate of drug-likeness (QED) is 0.800. The fraction of sp³-hybridized carbons (Fsp3) is 0.417. The normalized spacial score (nSPS) is 9.94. The molecule has 88 valence electrons. The number of alkyl halides is 1. The van der Waals surface area contributed by atoms with Gasteiger partial charge in [-0.1, -0.05) is 12.1 Å². The standard InChI is InChI=1S/C12H16ClNO2/c1-9-7-10(3-4-11(9)16-2)5-6-14-12(15)8-13/h3-4,7H,5-6,8H2,1-2H3,(H,14,15). The SMILES string of the molecule is COc1ccc(CCNC(=O)CCl)cc1C. The highest BCUT2D eigenvalue weighted by molar-refractivity contribution is 6.27. The largest absolute Gasteiger partial charge is 0.496 e. The van der Waals surface area contributed by atoms with Crippen molar-refractivity contribution in [2.45, 2.75) is 13.3 Å². The average Bonchev–Trinajstić information content (AvgIpc) is 2.29. The minimum Gasteiger partial charge on any atom is -0.496 e. The van der Waals surface area contributed by atoms with Gasteiger partial charge >= 0.3 is 0 Å². The highest BCUT2D eigenvalue weighted by Gasteiger charge is 2.01. The molecule has 0 saturated carbocycles. The maximum absolute atomic E-state index is 10.9. The summed E-state index contributed by atoms with van der Waals surface area (Å²) in [5, 5.41) is 2.73. The average molecular weight is 242 g/mol. The van der Waals surface area contributed by atoms with Crippen molar-refractivity contribution in [1.29, 1.82) is 0 Å². The molecule has 1 aromatic rings. The third-order valence-electron chi connectivity index (χ3n) is 2.32. The number of carbonyl (C=O) groups excluding carboxylic acids is 1. The van der Waals surface area contributed by atoms with E-state index in [1.807, 2.05) is 19.1 Å². The maximum atomic E-state index is 10.9. The summed E-state index contributed by atoms with van der Waals surface area (Å²) in [5.41, 5.74) is 2.27. The molecule has 1 amide bonds. The number of aryl methyl sites for hydroxylation is 1. The molecule has 0 bridgehead atoms. The van der Waals surface area contributed by atoms with E-state index >= 15 is 0 Å². The van der Waals surface area contributed by atoms with Crippen LogP contribution in [0.3, 0.4) is 0 Å². The van der Waals surface area contributed by atoms with Gasteiger partial charge < -0.3 is 10.1 Å². The smallest absolute Gasteiger partial charge is 0.234 e. The Balaban J connectivity index is 2.49. The molecule has 16 heavy (non-hydrogen) atoms. The second-order valence-electron chi connectivity index (χ2n) is 3.54. The molecule has 0 aliphatic carbocycles. The summed E-state index contributed by atoms with van der Waals surface area (Å²) in [6.07, 6.45) is 0.799. The van der Waals surface area contributed by atoms with Gasteiger partial charge in [-0.3, -0.25) is 4.79 Å². The lowest BCUT2D eigenvalue weighted by atomic mass is 10.1. The van der Waals surface area contributed by atoms with Crippen molar-refractivity contribution in [3.05, 3.63) is 29.3 Å². The molecule has 0 fully saturated rings. The Hall–Kier alpha value is -1.22. The Kier molecular flexibility index (Phi) is 5.12. The Morgan fingerprint density at radius 1 is 1.50 bits per heavy atom. The number of carbonyl (C=O) groups is 1. The van der Waals surface area contributed by atoms with Crippen LogP contribution in [-0.2, 0) is 11.2 Å². The Labute approximate surface area is 101 Å². The van der Waals surface area contributed by atoms with Crippen molar-refractivity contribution in [3.8, 4) is 5.75 Å². The number of rotatable bonds is 5. The highest BCUT2D eigenvalue weighted by atomic mass is 35.5. The zero-order valence-corrected chi connectivity index (χ0v) is 10.3. The van der Waals surface area contributed by atoms with Gasteiger partial charge in [0, 0.05) is 6.54 Å². The molecule has 0 radical (unpaired) electrons. The van der Waals surface area contributed by atoms with Crippen LogP contribution in [-0.4, -0.2) is 25.4 Å². The van der Waals surface area contributed by atoms with Crippen molar-refractivity contribution in [3.63, 3.8) is 0 Å². The zero-order chi connectivity index (χ0) is 12.0. The first kappa shape index (κ1) is 12.8. The fourth-order valence-electron chi connectivity index (χ4n) is 1.49. The lowest BCUT2D eigenvalue weighted by Gasteiger charge is -2.07. The number of amides is 1. The summed E-state index contributed by atoms with van der Waals surface area (Å²) in [6.45, 7) is 2.61. The van der Waals surface area contributed by atoms with Crippen LogP contribution in [0.4, 0.5) is 0 Å². The minimum absolute atomic E-state index is 0.0155. The number of methoxy groups -OCH3 is 1. The van der Waals surface area contributed by atoms with E-state index in [0.717, 1.165) is 17.7 Å². The first-order chi connectivity index (χ1) is 7.67. The minimum atomic E-state index is -0.132. The van der Waals surface area contributed by atoms with Crippen molar-refractivity contribution >= 4 is 17.5 Å². The van der Waals surface area contributed by atoms with E-state index in [0.29, 0.717) is 6.54 Å². The molecule has 1 rings (SSSR count). The van der Waals surface area contributed by atoms with E-state index in [1.54, 1.807) is 7.11 Å². The molecule has 0 atom stereocenters. The Bertz CT molecular complexity index is 366. The molecule has 0 aliphatic rings. The predicted molar refractivity (Wildman–Crippen MR) is 65.2 cm³/mol. The molecular formula is C12H16ClNO2. The third-order valence-corrected chi connectivity index (χ3v) is 2.56. The molecule has 0 aliphatic heterocycles. The van der Waals surface area contributed by atoms with Gasteiger partial charge in [-0.2, -0.15) is 0 Å². The summed E-state index contributed by atoms with van der Waals surface area (Å²) < 4.78 is 5.17. The number of hydrogen-bond donors (Lipinski definition) is 1. The van der Waals surface area contributed by atoms with Crippen LogP contribution >= 0.6 is 11.6 Å². The molecule has 0 saturated heterocycles. The van der Waals surface area contributed by atoms with E-state index in [2.05, 4.69) is 11.4 Å². The Morgan fingerprint density at radius 3 is 2.81 bits per heavy atom. The van der Waals surface area contributed by atoms with E-state index in [1.165, 1.54) is 5.56 Å². The predicted octanol–water partition coefficient (Wildman–Crippen LogP) is 1.90. The van der Waals surface area contributed by atoms with Gasteiger partial charge in [0.1, 0.15) is 11.6 Å². The summed E-state index contributed by atoms with van der Waals surface area (Å²) >= 11 is 5.37. The number of halogens is 1. The number of nitrogens with one attached hydrogen (secondary N) is 1. The Morgan fingerprint density at radius 2 is 2.25 bits per heavy atom. The van der Waals surface area contributed by atoms with Crippen molar-refractivity contribution in [2.24, 2.45) is 0 Å². The molecule has 0 aromatic heterocycles. The first-order valence-electron chi connectivity index (χ1n) is 5.13. The van der Waals surface area contributed by atoms with Gasteiger partial charge in [0.05, 0.1) is 7.11 Å². The van der Waals surface area contributed by atoms with Gasteiger partial charge in [0.15, 0.2) is 0 Å². The van der Waals surface area contributed by atoms with Gasteiger partial charge in [-0.05, 0) is 30.5 Å². The second-order valence-corrected chi connectivity index (χ2v) is 3.80. The van der Waals surface area contributed by atoms with Gasteiger partial charge in [0.2, 0.25) is 5.91 Å². The lowest BCUT2D eigenvalue weighted by molar-refractivity contribution is -0.118. The van der Waals surface area contributed by atoms with Gasteiger partial charge in [-0.25, -0.2) is 0 Å². The summed E-state index contributed by atoms with van der Waals surface area (Å²) in [7, 11) is 1.66. The van der Waals surface area contributed by atoms with Crippen molar-refractivity contribution in [1.82, 2.24) is 5.32 Å². The molecule has 3 nitrogen and oxygen atoms in total. The van der Waals surface area contributed by atoms with Crippen LogP contribution in [0, 0.1) is 6.92 Å². The molecule has 1 aromatic carbocycles. The second kappa shape index (κ2) is 6.38. The van der Waals surface area contributed by atoms with E-state index in [4.69, 9.17) is 16.3 Å². The van der Waals surface area contributed by atoms with Crippen LogP contribution in [0.15, 0.2) is 18.2 Å². The molecule has 0 heterocycles. The van der Waals surface area contributed by atoms with E-state index in [-0.39, 0.29) is 11.8 Å². The molecule has 0 unspecified atom stereocenters. The van der Waals surface area contributed by atoms with Crippen LogP contribution in [0.5, 0.6) is 5.75 Å². The molecule has 4 heteroatoms. The monoisotopic (exact) mass is 241 g/mol. The lowest BCUT2D eigenvalue weighted by Crippen LogP contribution is -2.26. The number of benzene rings is 1. The zero-order valence-electron chi connectivity index (χ0n) is 9.55. The third kappa shape index (κ3) is 3.74. The fourth-order valence-corrected chi connectivity index (χ4v) is 1.58.